The van der Waals surface area contributed by atoms with Crippen LogP contribution < -0.4 is 0 Å². The fourth-order valence-corrected chi connectivity index (χ4v) is 0.295. The van der Waals surface area contributed by atoms with Crippen LogP contribution in [0.4, 0.5) is 0 Å². The highest BCUT2D eigenvalue weighted by Gasteiger charge is 1.96. The third-order valence-corrected chi connectivity index (χ3v) is 0.639. The Labute approximate surface area is 53.8 Å². The van der Waals surface area contributed by atoms with Crippen molar-refractivity contribution in [1.82, 2.24) is 0 Å². The fourth-order valence-electron chi connectivity index (χ4n) is 0.232. The summed E-state index contributed by atoms with van der Waals surface area (Å²) in [6.45, 7) is 3.71. The van der Waals surface area contributed by atoms with Gasteiger partial charge in [-0.05, 0) is 25.4 Å². The maximum absolute atomic E-state index is 9.99. The van der Waals surface area contributed by atoms with Gasteiger partial charge < -0.3 is 4.74 Å². The summed E-state index contributed by atoms with van der Waals surface area (Å²) in [5.74, 6) is 0. The molecule has 0 N–H and O–H groups in total. The Morgan fingerprint density at radius 3 is 2.38 bits per heavy atom. The average Bonchev–Trinajstić information content (AvgIpc) is 1.61. The normalized spacial score (nSPS) is 10.0. The van der Waals surface area contributed by atoms with Gasteiger partial charge in [-0.15, -0.1) is 0 Å². The Balaban J connectivity index is 3.05. The molecule has 0 saturated carbocycles. The van der Waals surface area contributed by atoms with Crippen LogP contribution in [0, 0.1) is 0 Å². The van der Waals surface area contributed by atoms with E-state index in [2.05, 4.69) is 0 Å². The number of carbonyl (C=O) groups excluding carboxylic acids is 1. The van der Waals surface area contributed by atoms with Crippen molar-refractivity contribution in [1.29, 1.82) is 0 Å². The lowest BCUT2D eigenvalue weighted by Gasteiger charge is -2.01. The van der Waals surface area contributed by atoms with Crippen LogP contribution in [-0.2, 0) is 9.53 Å². The molecule has 0 heterocycles. The van der Waals surface area contributed by atoms with E-state index in [-0.39, 0.29) is 12.7 Å². The first-order valence-corrected chi connectivity index (χ1v) is 2.80. The third-order valence-electron chi connectivity index (χ3n) is 0.530. The van der Waals surface area contributed by atoms with Gasteiger partial charge >= 0.3 is 0 Å². The molecule has 0 atom stereocenters. The average molecular weight is 137 g/mol. The molecule has 0 amide bonds. The summed E-state index contributed by atoms with van der Waals surface area (Å²) in [7, 11) is 0. The predicted octanol–water partition coefficient (Wildman–Crippen LogP) is 1.18. The first-order valence-electron chi connectivity index (χ1n) is 2.43. The number of halogens is 1. The van der Waals surface area contributed by atoms with Crippen LogP contribution in [0.25, 0.3) is 0 Å². The first-order chi connectivity index (χ1) is 3.63. The molecule has 0 aromatic rings. The van der Waals surface area contributed by atoms with E-state index in [4.69, 9.17) is 16.3 Å². The van der Waals surface area contributed by atoms with Gasteiger partial charge in [0.05, 0.1) is 6.10 Å². The summed E-state index contributed by atoms with van der Waals surface area (Å²) < 4.78 is 4.82. The van der Waals surface area contributed by atoms with Gasteiger partial charge in [-0.2, -0.15) is 0 Å². The van der Waals surface area contributed by atoms with Crippen molar-refractivity contribution in [3.05, 3.63) is 0 Å². The molecule has 48 valence electrons. The van der Waals surface area contributed by atoms with E-state index in [0.717, 1.165) is 0 Å². The number of carbonyl (C=O) groups is 1. The van der Waals surface area contributed by atoms with Crippen molar-refractivity contribution in [3.63, 3.8) is 0 Å². The molecule has 0 saturated heterocycles. The Morgan fingerprint density at radius 1 is 1.75 bits per heavy atom. The quantitative estimate of drug-likeness (QED) is 0.545. The Morgan fingerprint density at radius 2 is 2.25 bits per heavy atom. The summed E-state index contributed by atoms with van der Waals surface area (Å²) in [5.41, 5.74) is 0. The highest BCUT2D eigenvalue weighted by molar-refractivity contribution is 6.63. The van der Waals surface area contributed by atoms with Crippen molar-refractivity contribution in [2.75, 3.05) is 6.61 Å². The van der Waals surface area contributed by atoms with Gasteiger partial charge in [0.15, 0.2) is 0 Å². The molecule has 0 radical (unpaired) electrons. The molecule has 0 aromatic heterocycles. The lowest BCUT2D eigenvalue weighted by Crippen LogP contribution is -2.08. The second-order valence-electron chi connectivity index (χ2n) is 1.71. The Kier molecular flexibility index (Phi) is 3.83. The van der Waals surface area contributed by atoms with E-state index in [0.29, 0.717) is 0 Å². The van der Waals surface area contributed by atoms with Crippen LogP contribution in [0.1, 0.15) is 13.8 Å². The van der Waals surface area contributed by atoms with Gasteiger partial charge in [0, 0.05) is 0 Å². The Hall–Kier alpha value is -0.0800. The van der Waals surface area contributed by atoms with E-state index < -0.39 is 5.24 Å². The third kappa shape index (κ3) is 5.92. The molecule has 0 aliphatic carbocycles. The fraction of sp³-hybridized carbons (Fsp3) is 0.800. The maximum atomic E-state index is 9.99. The first kappa shape index (κ1) is 7.92. The molecule has 3 heteroatoms. The van der Waals surface area contributed by atoms with Crippen molar-refractivity contribution in [3.8, 4) is 0 Å². The highest BCUT2D eigenvalue weighted by atomic mass is 35.5. The molecule has 0 aliphatic rings. The van der Waals surface area contributed by atoms with Gasteiger partial charge in [0.1, 0.15) is 6.61 Å². The van der Waals surface area contributed by atoms with Crippen LogP contribution in [0.3, 0.4) is 0 Å². The van der Waals surface area contributed by atoms with E-state index in [1.807, 2.05) is 13.8 Å². The molecule has 0 aliphatic heterocycles. The van der Waals surface area contributed by atoms with Crippen LogP contribution in [-0.4, -0.2) is 18.0 Å². The summed E-state index contributed by atoms with van der Waals surface area (Å²) >= 11 is 4.96. The smallest absolute Gasteiger partial charge is 0.247 e. The molecule has 0 bridgehead atoms. The summed E-state index contributed by atoms with van der Waals surface area (Å²) in [5, 5.41) is -0.446. The van der Waals surface area contributed by atoms with Gasteiger partial charge in [0.2, 0.25) is 5.24 Å². The van der Waals surface area contributed by atoms with Gasteiger partial charge in [-0.3, -0.25) is 4.79 Å². The molecular formula is C5H9ClO2. The molecular weight excluding hydrogens is 128 g/mol. The predicted molar refractivity (Wildman–Crippen MR) is 31.9 cm³/mol. The number of rotatable bonds is 3. The summed E-state index contributed by atoms with van der Waals surface area (Å²) in [6, 6.07) is 0. The largest absolute Gasteiger partial charge is 0.370 e. The standard InChI is InChI=1S/C5H9ClO2/c1-4(2)8-3-5(6)7/h4H,3H2,1-2H3. The van der Waals surface area contributed by atoms with Crippen LogP contribution in [0.5, 0.6) is 0 Å². The van der Waals surface area contributed by atoms with Crippen LogP contribution >= 0.6 is 11.6 Å². The van der Waals surface area contributed by atoms with Gasteiger partial charge in [-0.1, -0.05) is 0 Å². The second-order valence-corrected chi connectivity index (χ2v) is 2.14. The maximum Gasteiger partial charge on any atom is 0.247 e. The minimum Gasteiger partial charge on any atom is -0.370 e. The van der Waals surface area contributed by atoms with E-state index in [1.54, 1.807) is 0 Å². The van der Waals surface area contributed by atoms with E-state index >= 15 is 0 Å². The molecule has 2 nitrogen and oxygen atoms in total. The SMILES string of the molecule is CC(C)OCC(=O)Cl. The zero-order chi connectivity index (χ0) is 6.57. The molecule has 0 aromatic carbocycles. The minimum atomic E-state index is -0.446. The Bertz CT molecular complexity index is 80.5. The van der Waals surface area contributed by atoms with Gasteiger partial charge in [0.25, 0.3) is 0 Å². The van der Waals surface area contributed by atoms with Crippen LogP contribution in [0.15, 0.2) is 0 Å². The monoisotopic (exact) mass is 136 g/mol. The molecule has 8 heavy (non-hydrogen) atoms. The molecule has 0 rings (SSSR count). The lowest BCUT2D eigenvalue weighted by molar-refractivity contribution is -0.117. The second kappa shape index (κ2) is 3.87. The van der Waals surface area contributed by atoms with E-state index in [1.165, 1.54) is 0 Å². The minimum absolute atomic E-state index is 0.0131. The van der Waals surface area contributed by atoms with Crippen molar-refractivity contribution < 1.29 is 9.53 Å². The molecule has 0 unspecified atom stereocenters. The highest BCUT2D eigenvalue weighted by Crippen LogP contribution is 1.88. The summed E-state index contributed by atoms with van der Waals surface area (Å²) in [4.78, 5) is 9.99. The topological polar surface area (TPSA) is 26.3 Å². The van der Waals surface area contributed by atoms with Crippen molar-refractivity contribution in [2.24, 2.45) is 0 Å². The number of ether oxygens (including phenoxy) is 1. The molecule has 0 fully saturated rings. The zero-order valence-electron chi connectivity index (χ0n) is 4.98. The van der Waals surface area contributed by atoms with Crippen molar-refractivity contribution >= 4 is 16.8 Å². The molecule has 0 spiro atoms. The van der Waals surface area contributed by atoms with Gasteiger partial charge in [-0.25, -0.2) is 0 Å². The van der Waals surface area contributed by atoms with Crippen molar-refractivity contribution in [2.45, 2.75) is 20.0 Å². The number of hydrogen-bond donors (Lipinski definition) is 0. The summed E-state index contributed by atoms with van der Waals surface area (Å²) in [6.07, 6.45) is 0.0812. The zero-order valence-corrected chi connectivity index (χ0v) is 5.73. The number of hydrogen-bond acceptors (Lipinski definition) is 2. The van der Waals surface area contributed by atoms with Crippen LogP contribution in [0.2, 0.25) is 0 Å². The lowest BCUT2D eigenvalue weighted by atomic mass is 10.5. The van der Waals surface area contributed by atoms with E-state index in [9.17, 15) is 4.79 Å².